The van der Waals surface area contributed by atoms with Crippen molar-refractivity contribution in [1.29, 1.82) is 0 Å². The molecule has 0 aliphatic carbocycles. The molecule has 6 nitrogen and oxygen atoms in total. The average Bonchev–Trinajstić information content (AvgIpc) is 2.69. The number of anilines is 1. The SMILES string of the molecule is CSc1ccc(NC(=O)N2CCN(CC(=O)N3CCCCC3C)CC2)cc1. The molecule has 2 aliphatic heterocycles. The number of piperidine rings is 1. The summed E-state index contributed by atoms with van der Waals surface area (Å²) in [6.07, 6.45) is 5.47. The van der Waals surface area contributed by atoms with Gasteiger partial charge in [0.1, 0.15) is 0 Å². The normalized spacial score (nSPS) is 21.2. The van der Waals surface area contributed by atoms with Crippen molar-refractivity contribution in [3.8, 4) is 0 Å². The van der Waals surface area contributed by atoms with Crippen LogP contribution in [0.5, 0.6) is 0 Å². The first-order chi connectivity index (χ1) is 13.1. The van der Waals surface area contributed by atoms with Gasteiger partial charge in [-0.15, -0.1) is 11.8 Å². The van der Waals surface area contributed by atoms with Crippen molar-refractivity contribution in [3.63, 3.8) is 0 Å². The van der Waals surface area contributed by atoms with Crippen LogP contribution in [0, 0.1) is 0 Å². The van der Waals surface area contributed by atoms with Crippen LogP contribution in [-0.2, 0) is 4.79 Å². The number of hydrogen-bond donors (Lipinski definition) is 1. The lowest BCUT2D eigenvalue weighted by Gasteiger charge is -2.38. The second-order valence-corrected chi connectivity index (χ2v) is 8.23. The van der Waals surface area contributed by atoms with Gasteiger partial charge >= 0.3 is 6.03 Å². The van der Waals surface area contributed by atoms with Gasteiger partial charge in [0.25, 0.3) is 0 Å². The lowest BCUT2D eigenvalue weighted by molar-refractivity contribution is -0.136. The summed E-state index contributed by atoms with van der Waals surface area (Å²) < 4.78 is 0. The van der Waals surface area contributed by atoms with Crippen LogP contribution in [0.2, 0.25) is 0 Å². The molecule has 2 heterocycles. The van der Waals surface area contributed by atoms with Gasteiger partial charge in [-0.3, -0.25) is 9.69 Å². The molecule has 0 saturated carbocycles. The predicted molar refractivity (Wildman–Crippen MR) is 110 cm³/mol. The number of nitrogens with zero attached hydrogens (tertiary/aromatic N) is 3. The van der Waals surface area contributed by atoms with E-state index in [9.17, 15) is 9.59 Å². The van der Waals surface area contributed by atoms with Crippen LogP contribution in [-0.4, -0.2) is 78.2 Å². The van der Waals surface area contributed by atoms with Crippen molar-refractivity contribution in [2.24, 2.45) is 0 Å². The molecule has 1 unspecified atom stereocenters. The third-order valence-corrected chi connectivity index (χ3v) is 6.23. The molecule has 3 rings (SSSR count). The van der Waals surface area contributed by atoms with Crippen molar-refractivity contribution in [2.45, 2.75) is 37.1 Å². The number of benzene rings is 1. The fraction of sp³-hybridized carbons (Fsp3) is 0.600. The molecule has 1 N–H and O–H groups in total. The number of likely N-dealkylation sites (tertiary alicyclic amines) is 1. The monoisotopic (exact) mass is 390 g/mol. The predicted octanol–water partition coefficient (Wildman–Crippen LogP) is 2.96. The zero-order chi connectivity index (χ0) is 19.2. The summed E-state index contributed by atoms with van der Waals surface area (Å²) in [6.45, 7) is 6.29. The Bertz CT molecular complexity index is 644. The summed E-state index contributed by atoms with van der Waals surface area (Å²) in [5.74, 6) is 0.231. The van der Waals surface area contributed by atoms with Gasteiger partial charge in [0.2, 0.25) is 5.91 Å². The quantitative estimate of drug-likeness (QED) is 0.803. The van der Waals surface area contributed by atoms with E-state index in [-0.39, 0.29) is 11.9 Å². The number of urea groups is 1. The van der Waals surface area contributed by atoms with Crippen molar-refractivity contribution in [1.82, 2.24) is 14.7 Å². The fourth-order valence-corrected chi connectivity index (χ4v) is 4.14. The summed E-state index contributed by atoms with van der Waals surface area (Å²) in [4.78, 5) is 32.2. The number of piperazine rings is 1. The maximum absolute atomic E-state index is 12.6. The van der Waals surface area contributed by atoms with E-state index in [1.54, 1.807) is 11.8 Å². The van der Waals surface area contributed by atoms with Crippen LogP contribution in [0.1, 0.15) is 26.2 Å². The number of rotatable bonds is 4. The third kappa shape index (κ3) is 5.39. The Labute approximate surface area is 166 Å². The first kappa shape index (κ1) is 20.0. The molecule has 2 fully saturated rings. The Morgan fingerprint density at radius 1 is 1.07 bits per heavy atom. The Kier molecular flexibility index (Phi) is 7.01. The van der Waals surface area contributed by atoms with E-state index in [0.717, 1.165) is 38.2 Å². The van der Waals surface area contributed by atoms with Crippen molar-refractivity contribution >= 4 is 29.4 Å². The zero-order valence-electron chi connectivity index (χ0n) is 16.3. The maximum Gasteiger partial charge on any atom is 0.321 e. The lowest BCUT2D eigenvalue weighted by Crippen LogP contribution is -2.53. The second kappa shape index (κ2) is 9.46. The van der Waals surface area contributed by atoms with Gasteiger partial charge in [0, 0.05) is 49.3 Å². The zero-order valence-corrected chi connectivity index (χ0v) is 17.1. The van der Waals surface area contributed by atoms with E-state index in [1.807, 2.05) is 40.3 Å². The molecular weight excluding hydrogens is 360 g/mol. The molecule has 7 heteroatoms. The van der Waals surface area contributed by atoms with Crippen LogP contribution in [0.4, 0.5) is 10.5 Å². The second-order valence-electron chi connectivity index (χ2n) is 7.35. The highest BCUT2D eigenvalue weighted by molar-refractivity contribution is 7.98. The van der Waals surface area contributed by atoms with Gasteiger partial charge in [-0.2, -0.15) is 0 Å². The lowest BCUT2D eigenvalue weighted by atomic mass is 10.0. The molecule has 1 aromatic carbocycles. The average molecular weight is 391 g/mol. The number of nitrogens with one attached hydrogen (secondary N) is 1. The van der Waals surface area contributed by atoms with E-state index in [0.29, 0.717) is 25.7 Å². The first-order valence-corrected chi connectivity index (χ1v) is 11.0. The van der Waals surface area contributed by atoms with E-state index in [1.165, 1.54) is 11.3 Å². The Morgan fingerprint density at radius 3 is 2.41 bits per heavy atom. The molecule has 27 heavy (non-hydrogen) atoms. The standard InChI is InChI=1S/C20H30N4O2S/c1-16-5-3-4-10-24(16)19(25)15-22-11-13-23(14-12-22)20(26)21-17-6-8-18(27-2)9-7-17/h6-9,16H,3-5,10-15H2,1-2H3,(H,21,26). The van der Waals surface area contributed by atoms with Crippen LogP contribution < -0.4 is 5.32 Å². The summed E-state index contributed by atoms with van der Waals surface area (Å²) in [5, 5.41) is 2.96. The van der Waals surface area contributed by atoms with Crippen molar-refractivity contribution < 1.29 is 9.59 Å². The number of carbonyl (C=O) groups is 2. The smallest absolute Gasteiger partial charge is 0.321 e. The molecule has 0 bridgehead atoms. The first-order valence-electron chi connectivity index (χ1n) is 9.78. The molecule has 0 aromatic heterocycles. The topological polar surface area (TPSA) is 55.9 Å². The van der Waals surface area contributed by atoms with Gasteiger partial charge in [0.15, 0.2) is 0 Å². The van der Waals surface area contributed by atoms with Crippen molar-refractivity contribution in [2.75, 3.05) is 50.8 Å². The summed E-state index contributed by atoms with van der Waals surface area (Å²) in [7, 11) is 0. The van der Waals surface area contributed by atoms with Crippen LogP contribution in [0.3, 0.4) is 0 Å². The molecule has 0 spiro atoms. The minimum absolute atomic E-state index is 0.0671. The number of amides is 3. The van der Waals surface area contributed by atoms with E-state index in [4.69, 9.17) is 0 Å². The highest BCUT2D eigenvalue weighted by atomic mass is 32.2. The molecule has 1 aromatic rings. The molecular formula is C20H30N4O2S. The third-order valence-electron chi connectivity index (χ3n) is 5.48. The summed E-state index contributed by atoms with van der Waals surface area (Å²) in [6, 6.07) is 8.16. The van der Waals surface area contributed by atoms with Crippen LogP contribution in [0.15, 0.2) is 29.2 Å². The minimum atomic E-state index is -0.0671. The van der Waals surface area contributed by atoms with E-state index >= 15 is 0 Å². The minimum Gasteiger partial charge on any atom is -0.339 e. The Morgan fingerprint density at radius 2 is 1.78 bits per heavy atom. The number of thioether (sulfide) groups is 1. The molecule has 148 valence electrons. The molecule has 2 aliphatic rings. The fourth-order valence-electron chi connectivity index (χ4n) is 3.74. The van der Waals surface area contributed by atoms with Crippen molar-refractivity contribution in [3.05, 3.63) is 24.3 Å². The molecule has 2 saturated heterocycles. The largest absolute Gasteiger partial charge is 0.339 e. The number of hydrogen-bond acceptors (Lipinski definition) is 4. The highest BCUT2D eigenvalue weighted by Crippen LogP contribution is 2.19. The van der Waals surface area contributed by atoms with Crippen LogP contribution in [0.25, 0.3) is 0 Å². The highest BCUT2D eigenvalue weighted by Gasteiger charge is 2.27. The number of carbonyl (C=O) groups excluding carboxylic acids is 2. The van der Waals surface area contributed by atoms with Gasteiger partial charge in [-0.1, -0.05) is 0 Å². The van der Waals surface area contributed by atoms with Gasteiger partial charge < -0.3 is 15.1 Å². The van der Waals surface area contributed by atoms with Crippen LogP contribution >= 0.6 is 11.8 Å². The summed E-state index contributed by atoms with van der Waals surface area (Å²) >= 11 is 1.68. The van der Waals surface area contributed by atoms with Gasteiger partial charge in [-0.25, -0.2) is 4.79 Å². The van der Waals surface area contributed by atoms with Gasteiger partial charge in [-0.05, 0) is 56.7 Å². The Hall–Kier alpha value is -1.73. The van der Waals surface area contributed by atoms with E-state index < -0.39 is 0 Å². The van der Waals surface area contributed by atoms with Gasteiger partial charge in [0.05, 0.1) is 6.54 Å². The molecule has 1 atom stereocenters. The molecule has 3 amide bonds. The Balaban J connectivity index is 1.43. The summed E-state index contributed by atoms with van der Waals surface area (Å²) in [5.41, 5.74) is 0.814. The van der Waals surface area contributed by atoms with E-state index in [2.05, 4.69) is 17.1 Å². The molecule has 0 radical (unpaired) electrons. The maximum atomic E-state index is 12.6.